The Kier molecular flexibility index (Phi) is 6.89. The van der Waals surface area contributed by atoms with Crippen LogP contribution in [-0.4, -0.2) is 12.5 Å². The van der Waals surface area contributed by atoms with Gasteiger partial charge >= 0.3 is 0 Å². The van der Waals surface area contributed by atoms with E-state index in [1.807, 2.05) is 54.6 Å². The number of hydrogen-bond acceptors (Lipinski definition) is 3. The van der Waals surface area contributed by atoms with E-state index in [9.17, 15) is 10.1 Å². The summed E-state index contributed by atoms with van der Waals surface area (Å²) in [5.41, 5.74) is 7.97. The fourth-order valence-electron chi connectivity index (χ4n) is 4.40. The number of amides is 1. The van der Waals surface area contributed by atoms with Gasteiger partial charge in [-0.2, -0.15) is 5.26 Å². The molecule has 0 saturated heterocycles. The number of carbonyl (C=O) groups excluding carboxylic acids is 1. The van der Waals surface area contributed by atoms with Crippen molar-refractivity contribution in [3.05, 3.63) is 94.0 Å². The van der Waals surface area contributed by atoms with Crippen LogP contribution in [0.2, 0.25) is 0 Å². The summed E-state index contributed by atoms with van der Waals surface area (Å²) in [4.78, 5) is 13.1. The average molecular weight is 463 g/mol. The molecule has 4 nitrogen and oxygen atoms in total. The van der Waals surface area contributed by atoms with Gasteiger partial charge in [-0.25, -0.2) is 0 Å². The Labute approximate surface area is 206 Å². The molecule has 0 aliphatic heterocycles. The zero-order valence-corrected chi connectivity index (χ0v) is 20.9. The Morgan fingerprint density at radius 1 is 1.03 bits per heavy atom. The molecular weight excluding hydrogens is 432 g/mol. The third kappa shape index (κ3) is 5.05. The van der Waals surface area contributed by atoms with E-state index < -0.39 is 0 Å². The van der Waals surface area contributed by atoms with Crippen LogP contribution in [0.4, 0.5) is 0 Å². The van der Waals surface area contributed by atoms with Gasteiger partial charge in [-0.05, 0) is 61.1 Å². The number of carbonyl (C=O) groups is 1. The minimum Gasteiger partial charge on any atom is -0.455 e. The lowest BCUT2D eigenvalue weighted by atomic mass is 9.95. The molecule has 0 aliphatic carbocycles. The number of fused-ring (bicyclic) bond motifs is 1. The SMILES string of the molecule is Cc1cc(C)c(/C=C(\C#N)c2ccc(-c3oc4ccccc4c3C(=O)NCC(C)C)cc2)c(C)c1. The Morgan fingerprint density at radius 2 is 1.69 bits per heavy atom. The Hall–Kier alpha value is -4.10. The van der Waals surface area contributed by atoms with Crippen molar-refractivity contribution in [2.45, 2.75) is 34.6 Å². The molecule has 0 spiro atoms. The lowest BCUT2D eigenvalue weighted by molar-refractivity contribution is 0.0950. The topological polar surface area (TPSA) is 66.0 Å². The molecule has 35 heavy (non-hydrogen) atoms. The molecule has 0 unspecified atom stereocenters. The number of allylic oxidation sites excluding steroid dienone is 1. The van der Waals surface area contributed by atoms with Gasteiger partial charge in [0.1, 0.15) is 11.3 Å². The third-order valence-corrected chi connectivity index (χ3v) is 6.10. The fourth-order valence-corrected chi connectivity index (χ4v) is 4.40. The van der Waals surface area contributed by atoms with Crippen LogP contribution in [0, 0.1) is 38.0 Å². The number of hydrogen-bond donors (Lipinski definition) is 1. The van der Waals surface area contributed by atoms with E-state index in [4.69, 9.17) is 4.42 Å². The highest BCUT2D eigenvalue weighted by atomic mass is 16.3. The van der Waals surface area contributed by atoms with Crippen molar-refractivity contribution >= 4 is 28.5 Å². The van der Waals surface area contributed by atoms with Gasteiger partial charge in [0.15, 0.2) is 0 Å². The van der Waals surface area contributed by atoms with Crippen molar-refractivity contribution in [3.63, 3.8) is 0 Å². The van der Waals surface area contributed by atoms with Crippen molar-refractivity contribution in [2.24, 2.45) is 5.92 Å². The summed E-state index contributed by atoms with van der Waals surface area (Å²) in [6.45, 7) is 10.9. The maximum absolute atomic E-state index is 13.1. The van der Waals surface area contributed by atoms with Gasteiger partial charge in [0.2, 0.25) is 0 Å². The molecule has 1 N–H and O–H groups in total. The average Bonchev–Trinajstić information content (AvgIpc) is 3.22. The first-order chi connectivity index (χ1) is 16.8. The molecule has 4 heteroatoms. The molecule has 4 rings (SSSR count). The largest absolute Gasteiger partial charge is 0.455 e. The lowest BCUT2D eigenvalue weighted by Gasteiger charge is -2.10. The molecular formula is C31H30N2O2. The number of rotatable bonds is 6. The molecule has 3 aromatic carbocycles. The molecule has 1 amide bonds. The van der Waals surface area contributed by atoms with Crippen molar-refractivity contribution in [1.29, 1.82) is 5.26 Å². The lowest BCUT2D eigenvalue weighted by Crippen LogP contribution is -2.27. The monoisotopic (exact) mass is 462 g/mol. The van der Waals surface area contributed by atoms with Gasteiger partial charge in [-0.15, -0.1) is 0 Å². The second-order valence-electron chi connectivity index (χ2n) is 9.47. The first kappa shape index (κ1) is 24.0. The summed E-state index contributed by atoms with van der Waals surface area (Å²) in [5.74, 6) is 0.731. The van der Waals surface area contributed by atoms with Crippen molar-refractivity contribution in [1.82, 2.24) is 5.32 Å². The second kappa shape index (κ2) is 10.0. The molecule has 4 aromatic rings. The van der Waals surface area contributed by atoms with Gasteiger partial charge in [0.25, 0.3) is 5.91 Å². The number of furan rings is 1. The van der Waals surface area contributed by atoms with Gasteiger partial charge in [0.05, 0.1) is 17.2 Å². The highest BCUT2D eigenvalue weighted by Crippen LogP contribution is 2.34. The predicted octanol–water partition coefficient (Wildman–Crippen LogP) is 7.48. The number of benzene rings is 3. The van der Waals surface area contributed by atoms with Crippen LogP contribution in [-0.2, 0) is 0 Å². The minimum atomic E-state index is -0.148. The van der Waals surface area contributed by atoms with E-state index in [2.05, 4.69) is 58.1 Å². The van der Waals surface area contributed by atoms with E-state index in [1.165, 1.54) is 5.56 Å². The van der Waals surface area contributed by atoms with Gasteiger partial charge in [-0.3, -0.25) is 4.79 Å². The van der Waals surface area contributed by atoms with Crippen molar-refractivity contribution in [3.8, 4) is 17.4 Å². The molecule has 176 valence electrons. The second-order valence-corrected chi connectivity index (χ2v) is 9.47. The van der Waals surface area contributed by atoms with Gasteiger partial charge in [-0.1, -0.05) is 74.0 Å². The van der Waals surface area contributed by atoms with E-state index in [1.54, 1.807) is 0 Å². The van der Waals surface area contributed by atoms with Crippen LogP contribution >= 0.6 is 0 Å². The highest BCUT2D eigenvalue weighted by molar-refractivity contribution is 6.11. The summed E-state index contributed by atoms with van der Waals surface area (Å²) in [6, 6.07) is 21.8. The summed E-state index contributed by atoms with van der Waals surface area (Å²) in [5, 5.41) is 13.7. The zero-order valence-electron chi connectivity index (χ0n) is 20.9. The van der Waals surface area contributed by atoms with Crippen LogP contribution in [0.15, 0.2) is 65.1 Å². The van der Waals surface area contributed by atoms with Crippen LogP contribution in [0.1, 0.15) is 52.0 Å². The number of para-hydroxylation sites is 1. The molecule has 1 heterocycles. The fraction of sp³-hybridized carbons (Fsp3) is 0.226. The van der Waals surface area contributed by atoms with E-state index in [-0.39, 0.29) is 5.91 Å². The molecule has 0 bridgehead atoms. The van der Waals surface area contributed by atoms with E-state index in [0.29, 0.717) is 34.9 Å². The first-order valence-corrected chi connectivity index (χ1v) is 11.9. The van der Waals surface area contributed by atoms with E-state index >= 15 is 0 Å². The summed E-state index contributed by atoms with van der Waals surface area (Å²) < 4.78 is 6.14. The maximum atomic E-state index is 13.1. The van der Waals surface area contributed by atoms with Crippen LogP contribution in [0.3, 0.4) is 0 Å². The van der Waals surface area contributed by atoms with Crippen molar-refractivity contribution < 1.29 is 9.21 Å². The van der Waals surface area contributed by atoms with Gasteiger partial charge in [0, 0.05) is 17.5 Å². The third-order valence-electron chi connectivity index (χ3n) is 6.10. The molecule has 0 fully saturated rings. The number of aryl methyl sites for hydroxylation is 3. The highest BCUT2D eigenvalue weighted by Gasteiger charge is 2.22. The summed E-state index contributed by atoms with van der Waals surface area (Å²) in [6.07, 6.45) is 1.95. The van der Waals surface area contributed by atoms with E-state index in [0.717, 1.165) is 33.2 Å². The van der Waals surface area contributed by atoms with Crippen LogP contribution < -0.4 is 5.32 Å². The van der Waals surface area contributed by atoms with Crippen LogP contribution in [0.5, 0.6) is 0 Å². The predicted molar refractivity (Wildman–Crippen MR) is 143 cm³/mol. The number of nitriles is 1. The first-order valence-electron chi connectivity index (χ1n) is 11.9. The summed E-state index contributed by atoms with van der Waals surface area (Å²) >= 11 is 0. The minimum absolute atomic E-state index is 0.148. The van der Waals surface area contributed by atoms with Crippen LogP contribution in [0.25, 0.3) is 33.9 Å². The summed E-state index contributed by atoms with van der Waals surface area (Å²) in [7, 11) is 0. The molecule has 1 aromatic heterocycles. The number of nitrogens with one attached hydrogen (secondary N) is 1. The normalized spacial score (nSPS) is 11.6. The molecule has 0 saturated carbocycles. The standard InChI is InChI=1S/C31H30N2O2/c1-19(2)18-33-31(34)29-26-8-6-7-9-28(26)35-30(29)24-12-10-23(11-13-24)25(17-32)16-27-21(4)14-20(3)15-22(27)5/h6-16,19H,18H2,1-5H3,(H,33,34)/b25-16+. The molecule has 0 atom stereocenters. The van der Waals surface area contributed by atoms with Crippen molar-refractivity contribution in [2.75, 3.05) is 6.54 Å². The smallest absolute Gasteiger partial charge is 0.255 e. The quantitative estimate of drug-likeness (QED) is 0.239. The maximum Gasteiger partial charge on any atom is 0.255 e. The Bertz CT molecular complexity index is 1440. The van der Waals surface area contributed by atoms with Gasteiger partial charge < -0.3 is 9.73 Å². The zero-order chi connectivity index (χ0) is 25.1. The Morgan fingerprint density at radius 3 is 2.31 bits per heavy atom. The number of nitrogens with zero attached hydrogens (tertiary/aromatic N) is 1. The Balaban J connectivity index is 1.74. The molecule has 0 radical (unpaired) electrons. The molecule has 0 aliphatic rings.